The molecule has 0 spiro atoms. The average molecular weight is 379 g/mol. The number of aromatic amines is 2. The summed E-state index contributed by atoms with van der Waals surface area (Å²) in [5.41, 5.74) is 2.42. The Kier molecular flexibility index (Phi) is 4.76. The zero-order valence-electron chi connectivity index (χ0n) is 15.1. The smallest absolute Gasteiger partial charge is 0.279 e. The van der Waals surface area contributed by atoms with Crippen LogP contribution in [0.1, 0.15) is 5.56 Å². The minimum absolute atomic E-state index is 0.149. The van der Waals surface area contributed by atoms with E-state index in [2.05, 4.69) is 25.5 Å². The number of hydrogen-bond donors (Lipinski definition) is 3. The molecule has 2 heterocycles. The van der Waals surface area contributed by atoms with Crippen molar-refractivity contribution in [3.63, 3.8) is 0 Å². The van der Waals surface area contributed by atoms with E-state index in [1.54, 1.807) is 7.11 Å². The van der Waals surface area contributed by atoms with Gasteiger partial charge in [-0.25, -0.2) is 4.39 Å². The summed E-state index contributed by atoms with van der Waals surface area (Å²) in [6.45, 7) is 0.569. The summed E-state index contributed by atoms with van der Waals surface area (Å²) in [5, 5.41) is 12.2. The van der Waals surface area contributed by atoms with Crippen LogP contribution in [0.5, 0.6) is 5.75 Å². The number of rotatable bonds is 6. The molecule has 2 aromatic carbocycles. The van der Waals surface area contributed by atoms with Crippen LogP contribution in [0.2, 0.25) is 0 Å². The normalized spacial score (nSPS) is 10.9. The zero-order valence-corrected chi connectivity index (χ0v) is 15.1. The van der Waals surface area contributed by atoms with Gasteiger partial charge in [0, 0.05) is 35.3 Å². The molecule has 0 saturated heterocycles. The molecule has 7 nitrogen and oxygen atoms in total. The summed E-state index contributed by atoms with van der Waals surface area (Å²) in [5.74, 6) is 0.715. The Bertz CT molecular complexity index is 1170. The molecule has 0 aliphatic heterocycles. The quantitative estimate of drug-likeness (QED) is 0.478. The largest absolute Gasteiger partial charge is 0.497 e. The Labute approximate surface area is 159 Å². The minimum atomic E-state index is -0.386. The van der Waals surface area contributed by atoms with Gasteiger partial charge in [0.05, 0.1) is 7.11 Å². The van der Waals surface area contributed by atoms with Crippen LogP contribution < -0.4 is 15.6 Å². The average Bonchev–Trinajstić information content (AvgIpc) is 3.11. The third kappa shape index (κ3) is 3.57. The zero-order chi connectivity index (χ0) is 19.5. The number of aromatic nitrogens is 4. The maximum atomic E-state index is 13.0. The van der Waals surface area contributed by atoms with Gasteiger partial charge in [0.15, 0.2) is 5.69 Å². The monoisotopic (exact) mass is 379 g/mol. The molecule has 2 aromatic heterocycles. The summed E-state index contributed by atoms with van der Waals surface area (Å²) in [6.07, 6.45) is 2.69. The van der Waals surface area contributed by atoms with Crippen molar-refractivity contribution in [1.29, 1.82) is 0 Å². The van der Waals surface area contributed by atoms with Crippen LogP contribution in [-0.4, -0.2) is 33.8 Å². The number of fused-ring (bicyclic) bond motifs is 1. The second-order valence-corrected chi connectivity index (χ2v) is 6.26. The summed E-state index contributed by atoms with van der Waals surface area (Å²) >= 11 is 0. The first-order chi connectivity index (χ1) is 13.6. The van der Waals surface area contributed by atoms with Crippen molar-refractivity contribution in [3.8, 4) is 17.0 Å². The van der Waals surface area contributed by atoms with Crippen molar-refractivity contribution >= 4 is 16.9 Å². The summed E-state index contributed by atoms with van der Waals surface area (Å²) in [4.78, 5) is 18.1. The number of hydrogen-bond acceptors (Lipinski definition) is 5. The van der Waals surface area contributed by atoms with Gasteiger partial charge in [-0.15, -0.1) is 10.2 Å². The fourth-order valence-electron chi connectivity index (χ4n) is 3.03. The summed E-state index contributed by atoms with van der Waals surface area (Å²) in [7, 11) is 1.64. The summed E-state index contributed by atoms with van der Waals surface area (Å²) in [6, 6.07) is 11.4. The predicted octanol–water partition coefficient (Wildman–Crippen LogP) is 3.12. The van der Waals surface area contributed by atoms with Gasteiger partial charge in [-0.1, -0.05) is 0 Å². The number of benzene rings is 2. The highest BCUT2D eigenvalue weighted by molar-refractivity contribution is 5.84. The maximum Gasteiger partial charge on any atom is 0.279 e. The fourth-order valence-corrected chi connectivity index (χ4v) is 3.03. The highest BCUT2D eigenvalue weighted by atomic mass is 19.1. The molecule has 4 aromatic rings. The van der Waals surface area contributed by atoms with Gasteiger partial charge in [0.25, 0.3) is 5.56 Å². The third-order valence-electron chi connectivity index (χ3n) is 4.48. The van der Waals surface area contributed by atoms with Crippen molar-refractivity contribution in [2.24, 2.45) is 0 Å². The molecule has 0 radical (unpaired) electrons. The lowest BCUT2D eigenvalue weighted by Gasteiger charge is -2.06. The number of nitrogens with zero attached hydrogens (tertiary/aromatic N) is 2. The topological polar surface area (TPSA) is 95.7 Å². The first kappa shape index (κ1) is 17.7. The van der Waals surface area contributed by atoms with E-state index in [0.717, 1.165) is 28.6 Å². The van der Waals surface area contributed by atoms with Crippen molar-refractivity contribution in [3.05, 3.63) is 70.4 Å². The van der Waals surface area contributed by atoms with E-state index in [4.69, 9.17) is 4.74 Å². The molecular formula is C20H18FN5O2. The van der Waals surface area contributed by atoms with Gasteiger partial charge < -0.3 is 15.0 Å². The molecule has 28 heavy (non-hydrogen) atoms. The number of ether oxygens (including phenoxy) is 1. The standard InChI is InChI=1S/C20H18FN5O2/c1-28-15-6-7-16-13(11-23-17(16)10-15)8-9-22-20-24-19(27)18(25-26-20)12-2-4-14(21)5-3-12/h2-7,10-11,23H,8-9H2,1H3,(H2,22,24,26,27). The SMILES string of the molecule is COc1ccc2c(CCNc3nnc(-c4ccc(F)cc4)c(=O)[nH]3)c[nH]c2c1. The lowest BCUT2D eigenvalue weighted by atomic mass is 10.1. The van der Waals surface area contributed by atoms with E-state index in [0.29, 0.717) is 12.1 Å². The summed E-state index contributed by atoms with van der Waals surface area (Å²) < 4.78 is 18.2. The lowest BCUT2D eigenvalue weighted by molar-refractivity contribution is 0.415. The van der Waals surface area contributed by atoms with E-state index in [1.165, 1.54) is 24.3 Å². The van der Waals surface area contributed by atoms with Crippen molar-refractivity contribution in [1.82, 2.24) is 20.2 Å². The van der Waals surface area contributed by atoms with E-state index < -0.39 is 0 Å². The second-order valence-electron chi connectivity index (χ2n) is 6.26. The van der Waals surface area contributed by atoms with Crippen LogP contribution in [0.25, 0.3) is 22.2 Å². The van der Waals surface area contributed by atoms with Gasteiger partial charge in [-0.3, -0.25) is 9.78 Å². The van der Waals surface area contributed by atoms with Crippen LogP contribution in [0.4, 0.5) is 10.3 Å². The minimum Gasteiger partial charge on any atom is -0.497 e. The Morgan fingerprint density at radius 2 is 1.96 bits per heavy atom. The van der Waals surface area contributed by atoms with Crippen LogP contribution in [0.15, 0.2) is 53.5 Å². The lowest BCUT2D eigenvalue weighted by Crippen LogP contribution is -2.18. The second kappa shape index (κ2) is 7.51. The van der Waals surface area contributed by atoms with Crippen LogP contribution >= 0.6 is 0 Å². The van der Waals surface area contributed by atoms with Gasteiger partial charge in [-0.2, -0.15) is 0 Å². The molecule has 0 amide bonds. The molecule has 0 fully saturated rings. The van der Waals surface area contributed by atoms with Crippen LogP contribution in [0, 0.1) is 5.82 Å². The van der Waals surface area contributed by atoms with Crippen molar-refractivity contribution < 1.29 is 9.13 Å². The number of methoxy groups -OCH3 is 1. The molecule has 0 bridgehead atoms. The molecule has 0 saturated carbocycles. The van der Waals surface area contributed by atoms with Crippen LogP contribution in [-0.2, 0) is 6.42 Å². The highest BCUT2D eigenvalue weighted by Crippen LogP contribution is 2.23. The number of anilines is 1. The van der Waals surface area contributed by atoms with Crippen molar-refractivity contribution in [2.75, 3.05) is 19.0 Å². The molecular weight excluding hydrogens is 361 g/mol. The number of halogens is 1. The molecule has 0 aliphatic carbocycles. The highest BCUT2D eigenvalue weighted by Gasteiger charge is 2.09. The van der Waals surface area contributed by atoms with Crippen LogP contribution in [0.3, 0.4) is 0 Å². The first-order valence-electron chi connectivity index (χ1n) is 8.75. The fraction of sp³-hybridized carbons (Fsp3) is 0.150. The molecule has 4 rings (SSSR count). The van der Waals surface area contributed by atoms with E-state index in [9.17, 15) is 9.18 Å². The molecule has 3 N–H and O–H groups in total. The Morgan fingerprint density at radius 1 is 1.14 bits per heavy atom. The number of H-pyrrole nitrogens is 2. The van der Waals surface area contributed by atoms with Gasteiger partial charge in [0.1, 0.15) is 11.6 Å². The maximum absolute atomic E-state index is 13.0. The predicted molar refractivity (Wildman–Crippen MR) is 105 cm³/mol. The van der Waals surface area contributed by atoms with Gasteiger partial charge >= 0.3 is 0 Å². The molecule has 0 atom stereocenters. The Balaban J connectivity index is 1.43. The van der Waals surface area contributed by atoms with Gasteiger partial charge in [-0.05, 0) is 48.4 Å². The Morgan fingerprint density at radius 3 is 2.71 bits per heavy atom. The van der Waals surface area contributed by atoms with Gasteiger partial charge in [0.2, 0.25) is 5.95 Å². The molecule has 0 aliphatic rings. The molecule has 8 heteroatoms. The molecule has 142 valence electrons. The first-order valence-corrected chi connectivity index (χ1v) is 8.75. The van der Waals surface area contributed by atoms with E-state index >= 15 is 0 Å². The van der Waals surface area contributed by atoms with E-state index in [-0.39, 0.29) is 23.0 Å². The van der Waals surface area contributed by atoms with E-state index in [1.807, 2.05) is 24.4 Å². The van der Waals surface area contributed by atoms with Crippen molar-refractivity contribution in [2.45, 2.75) is 6.42 Å². The number of nitrogens with one attached hydrogen (secondary N) is 3. The third-order valence-corrected chi connectivity index (χ3v) is 4.48. The Hall–Kier alpha value is -3.68. The molecule has 0 unspecified atom stereocenters.